The molecule has 1 fully saturated rings. The molecule has 1 saturated heterocycles. The second-order valence-electron chi connectivity index (χ2n) is 8.05. The Balaban J connectivity index is 1.71. The maximum atomic E-state index is 13.1. The summed E-state index contributed by atoms with van der Waals surface area (Å²) in [5.41, 5.74) is 2.29. The molecule has 1 aliphatic rings. The second-order valence-corrected chi connectivity index (χ2v) is 8.05. The summed E-state index contributed by atoms with van der Waals surface area (Å²) in [4.78, 5) is 27.6. The maximum Gasteiger partial charge on any atom is 0.295 e. The van der Waals surface area contributed by atoms with Crippen molar-refractivity contribution in [2.45, 2.75) is 19.1 Å². The number of carbonyl (C=O) groups is 2. The van der Waals surface area contributed by atoms with Crippen LogP contribution < -0.4 is 4.74 Å². The van der Waals surface area contributed by atoms with Crippen LogP contribution in [0.1, 0.15) is 29.2 Å². The Kier molecular flexibility index (Phi) is 7.40. The van der Waals surface area contributed by atoms with Gasteiger partial charge < -0.3 is 19.5 Å². The van der Waals surface area contributed by atoms with Crippen LogP contribution in [0.4, 0.5) is 0 Å². The van der Waals surface area contributed by atoms with E-state index in [0.29, 0.717) is 43.1 Å². The molecule has 174 valence electrons. The van der Waals surface area contributed by atoms with Crippen molar-refractivity contribution in [3.63, 3.8) is 0 Å². The van der Waals surface area contributed by atoms with Gasteiger partial charge in [-0.15, -0.1) is 0 Å². The minimum Gasteiger partial charge on any atom is -0.507 e. The quantitative estimate of drug-likeness (QED) is 0.218. The normalized spacial score (nSPS) is 17.2. The van der Waals surface area contributed by atoms with E-state index in [-0.39, 0.29) is 11.3 Å². The highest BCUT2D eigenvalue weighted by Crippen LogP contribution is 2.40. The van der Waals surface area contributed by atoms with E-state index < -0.39 is 17.7 Å². The van der Waals surface area contributed by atoms with Gasteiger partial charge in [0.25, 0.3) is 11.7 Å². The summed E-state index contributed by atoms with van der Waals surface area (Å²) in [5, 5.41) is 11.1. The van der Waals surface area contributed by atoms with Crippen LogP contribution in [0, 0.1) is 0 Å². The summed E-state index contributed by atoms with van der Waals surface area (Å²) in [5.74, 6) is -0.897. The fourth-order valence-corrected chi connectivity index (χ4v) is 4.10. The number of aliphatic hydroxyl groups is 1. The molecule has 1 heterocycles. The number of rotatable bonds is 9. The van der Waals surface area contributed by atoms with Crippen molar-refractivity contribution in [1.29, 1.82) is 0 Å². The molecular weight excluding hydrogens is 430 g/mol. The third kappa shape index (κ3) is 5.02. The predicted octanol–water partition coefficient (Wildman–Crippen LogP) is 4.72. The lowest BCUT2D eigenvalue weighted by molar-refractivity contribution is -0.140. The summed E-state index contributed by atoms with van der Waals surface area (Å²) in [6.45, 7) is 1.17. The van der Waals surface area contributed by atoms with E-state index in [4.69, 9.17) is 9.47 Å². The molecule has 1 N–H and O–H groups in total. The van der Waals surface area contributed by atoms with Crippen molar-refractivity contribution < 1.29 is 24.2 Å². The Labute approximate surface area is 199 Å². The van der Waals surface area contributed by atoms with E-state index in [1.54, 1.807) is 31.4 Å². The Morgan fingerprint density at radius 1 is 0.941 bits per heavy atom. The summed E-state index contributed by atoms with van der Waals surface area (Å²) in [7, 11) is 1.59. The van der Waals surface area contributed by atoms with Gasteiger partial charge >= 0.3 is 0 Å². The molecule has 3 aromatic carbocycles. The molecule has 1 unspecified atom stereocenters. The van der Waals surface area contributed by atoms with Crippen molar-refractivity contribution in [2.24, 2.45) is 0 Å². The highest BCUT2D eigenvalue weighted by atomic mass is 16.5. The lowest BCUT2D eigenvalue weighted by atomic mass is 9.95. The van der Waals surface area contributed by atoms with Gasteiger partial charge in [0.05, 0.1) is 11.6 Å². The van der Waals surface area contributed by atoms with Crippen LogP contribution in [0.25, 0.3) is 5.76 Å². The van der Waals surface area contributed by atoms with E-state index in [0.717, 1.165) is 5.56 Å². The number of hydrogen-bond donors (Lipinski definition) is 1. The molecule has 6 nitrogen and oxygen atoms in total. The molecule has 6 heteroatoms. The van der Waals surface area contributed by atoms with Gasteiger partial charge in [0.15, 0.2) is 0 Å². The largest absolute Gasteiger partial charge is 0.507 e. The number of carbonyl (C=O) groups excluding carboxylic acids is 2. The molecule has 0 aromatic heterocycles. The van der Waals surface area contributed by atoms with Gasteiger partial charge in [-0.3, -0.25) is 9.59 Å². The summed E-state index contributed by atoms with van der Waals surface area (Å²) < 4.78 is 11.1. The maximum absolute atomic E-state index is 13.1. The van der Waals surface area contributed by atoms with Crippen LogP contribution in [-0.2, 0) is 20.9 Å². The van der Waals surface area contributed by atoms with E-state index in [9.17, 15) is 14.7 Å². The Hall–Kier alpha value is -3.90. The zero-order valence-corrected chi connectivity index (χ0v) is 19.0. The van der Waals surface area contributed by atoms with Crippen LogP contribution in [0.2, 0.25) is 0 Å². The van der Waals surface area contributed by atoms with Crippen LogP contribution in [0.15, 0.2) is 90.5 Å². The summed E-state index contributed by atoms with van der Waals surface area (Å²) in [6.07, 6.45) is 0.565. The fourth-order valence-electron chi connectivity index (χ4n) is 4.10. The van der Waals surface area contributed by atoms with Gasteiger partial charge in [0, 0.05) is 25.8 Å². The standard InChI is InChI=1S/C28H27NO5/c1-33-17-9-16-29-25(24(27(31)28(29)32)26(30)21-12-6-3-7-13-21)22-14-8-15-23(18-22)34-19-20-10-4-2-5-11-20/h2-8,10-15,18,25,30H,9,16-17,19H2,1H3/b26-24+. The van der Waals surface area contributed by atoms with Crippen molar-refractivity contribution >= 4 is 17.4 Å². The lowest BCUT2D eigenvalue weighted by Crippen LogP contribution is -2.31. The Bertz CT molecular complexity index is 1170. The molecule has 3 aromatic rings. The number of methoxy groups -OCH3 is 1. The topological polar surface area (TPSA) is 76.1 Å². The first-order valence-electron chi connectivity index (χ1n) is 11.2. The number of ether oxygens (including phenoxy) is 2. The lowest BCUT2D eigenvalue weighted by Gasteiger charge is -2.25. The molecule has 0 saturated carbocycles. The first-order valence-corrected chi connectivity index (χ1v) is 11.2. The van der Waals surface area contributed by atoms with Crippen molar-refractivity contribution in [1.82, 2.24) is 4.90 Å². The molecule has 34 heavy (non-hydrogen) atoms. The predicted molar refractivity (Wildman–Crippen MR) is 129 cm³/mol. The smallest absolute Gasteiger partial charge is 0.295 e. The third-order valence-corrected chi connectivity index (χ3v) is 5.76. The SMILES string of the molecule is COCCCN1C(=O)C(=O)/C(=C(/O)c2ccccc2)C1c1cccc(OCc2ccccc2)c1. The molecule has 0 bridgehead atoms. The highest BCUT2D eigenvalue weighted by molar-refractivity contribution is 6.46. The van der Waals surface area contributed by atoms with Crippen LogP contribution in [0.3, 0.4) is 0 Å². The van der Waals surface area contributed by atoms with Gasteiger partial charge in [0.1, 0.15) is 18.1 Å². The first kappa shape index (κ1) is 23.3. The van der Waals surface area contributed by atoms with Crippen LogP contribution >= 0.6 is 0 Å². The average Bonchev–Trinajstić information content (AvgIpc) is 3.13. The molecule has 0 aliphatic carbocycles. The van der Waals surface area contributed by atoms with Crippen molar-refractivity contribution in [3.8, 4) is 5.75 Å². The summed E-state index contributed by atoms with van der Waals surface area (Å²) in [6, 6.07) is 25.2. The van der Waals surface area contributed by atoms with Crippen molar-refractivity contribution in [3.05, 3.63) is 107 Å². The van der Waals surface area contributed by atoms with E-state index >= 15 is 0 Å². The van der Waals surface area contributed by atoms with Gasteiger partial charge in [0.2, 0.25) is 0 Å². The molecule has 1 aliphatic heterocycles. The van der Waals surface area contributed by atoms with Crippen LogP contribution in [-0.4, -0.2) is 42.0 Å². The van der Waals surface area contributed by atoms with E-state index in [2.05, 4.69) is 0 Å². The average molecular weight is 458 g/mol. The molecule has 0 spiro atoms. The van der Waals surface area contributed by atoms with E-state index in [1.807, 2.05) is 60.7 Å². The molecule has 4 rings (SSSR count). The summed E-state index contributed by atoms with van der Waals surface area (Å²) >= 11 is 0. The number of nitrogens with zero attached hydrogens (tertiary/aromatic N) is 1. The van der Waals surface area contributed by atoms with Gasteiger partial charge in [-0.1, -0.05) is 72.8 Å². The third-order valence-electron chi connectivity index (χ3n) is 5.76. The number of hydrogen-bond acceptors (Lipinski definition) is 5. The van der Waals surface area contributed by atoms with Gasteiger partial charge in [-0.05, 0) is 29.7 Å². The number of amides is 1. The zero-order chi connectivity index (χ0) is 23.9. The zero-order valence-electron chi connectivity index (χ0n) is 19.0. The molecule has 1 amide bonds. The number of benzene rings is 3. The Morgan fingerprint density at radius 3 is 2.35 bits per heavy atom. The monoisotopic (exact) mass is 457 g/mol. The van der Waals surface area contributed by atoms with Gasteiger partial charge in [-0.2, -0.15) is 0 Å². The fraction of sp³-hybridized carbons (Fsp3) is 0.214. The highest BCUT2D eigenvalue weighted by Gasteiger charge is 2.45. The Morgan fingerprint density at radius 2 is 1.65 bits per heavy atom. The number of likely N-dealkylation sites (tertiary alicyclic amines) is 1. The number of ketones is 1. The minimum atomic E-state index is -0.725. The number of aliphatic hydroxyl groups excluding tert-OH is 1. The molecule has 0 radical (unpaired) electrons. The minimum absolute atomic E-state index is 0.0776. The molecular formula is C28H27NO5. The van der Waals surface area contributed by atoms with E-state index in [1.165, 1.54) is 4.90 Å². The van der Waals surface area contributed by atoms with Crippen molar-refractivity contribution in [2.75, 3.05) is 20.3 Å². The van der Waals surface area contributed by atoms with Gasteiger partial charge in [-0.25, -0.2) is 0 Å². The molecule has 1 atom stereocenters. The second kappa shape index (κ2) is 10.8. The number of Topliss-reactive ketones (excluding diaryl/α,β-unsaturated/α-hetero) is 1. The van der Waals surface area contributed by atoms with Crippen LogP contribution in [0.5, 0.6) is 5.75 Å². The first-order chi connectivity index (χ1) is 16.6.